The number of aliphatic hydroxyl groups excluding tert-OH is 1. The fraction of sp³-hybridized carbons (Fsp3) is 0.250. The van der Waals surface area contributed by atoms with Crippen molar-refractivity contribution in [2.45, 2.75) is 18.6 Å². The molecule has 0 saturated carbocycles. The van der Waals surface area contributed by atoms with Crippen LogP contribution in [0.2, 0.25) is 0 Å². The van der Waals surface area contributed by atoms with Gasteiger partial charge in [0.2, 0.25) is 0 Å². The van der Waals surface area contributed by atoms with E-state index in [-0.39, 0.29) is 11.9 Å². The molecule has 1 unspecified atom stereocenters. The highest BCUT2D eigenvalue weighted by Crippen LogP contribution is 2.43. The third-order valence-electron chi connectivity index (χ3n) is 3.59. The van der Waals surface area contributed by atoms with Crippen LogP contribution in [0.5, 0.6) is 11.5 Å². The summed E-state index contributed by atoms with van der Waals surface area (Å²) >= 11 is 3.48. The number of hydrogen-bond donors (Lipinski definition) is 1. The quantitative estimate of drug-likeness (QED) is 0.882. The molecule has 3 nitrogen and oxygen atoms in total. The van der Waals surface area contributed by atoms with Gasteiger partial charge in [-0.3, -0.25) is 0 Å². The van der Waals surface area contributed by atoms with Crippen LogP contribution in [0.3, 0.4) is 0 Å². The summed E-state index contributed by atoms with van der Waals surface area (Å²) in [4.78, 5) is 0. The highest BCUT2D eigenvalue weighted by atomic mass is 79.9. The van der Waals surface area contributed by atoms with Crippen LogP contribution in [0.15, 0.2) is 40.9 Å². The molecule has 5 heteroatoms. The van der Waals surface area contributed by atoms with E-state index in [4.69, 9.17) is 9.47 Å². The number of methoxy groups -OCH3 is 1. The van der Waals surface area contributed by atoms with E-state index < -0.39 is 6.10 Å². The average molecular weight is 353 g/mol. The lowest BCUT2D eigenvalue weighted by Gasteiger charge is -2.30. The molecular formula is C16H14BrFO3. The molecule has 2 aromatic carbocycles. The Balaban J connectivity index is 1.99. The van der Waals surface area contributed by atoms with E-state index in [0.29, 0.717) is 23.5 Å². The monoisotopic (exact) mass is 352 g/mol. The highest BCUT2D eigenvalue weighted by Gasteiger charge is 2.29. The molecule has 1 N–H and O–H groups in total. The predicted octanol–water partition coefficient (Wildman–Crippen LogP) is 4.15. The first-order valence-corrected chi connectivity index (χ1v) is 7.35. The summed E-state index contributed by atoms with van der Waals surface area (Å²) < 4.78 is 25.3. The maximum absolute atomic E-state index is 13.4. The number of fused-ring (bicyclic) bond motifs is 1. The molecule has 0 aromatic heterocycles. The molecular weight excluding hydrogens is 339 g/mol. The Kier molecular flexibility index (Phi) is 3.87. The lowest BCUT2D eigenvalue weighted by molar-refractivity contribution is 0.0649. The smallest absolute Gasteiger partial charge is 0.128 e. The molecule has 3 rings (SSSR count). The van der Waals surface area contributed by atoms with Gasteiger partial charge in [0, 0.05) is 28.1 Å². The third kappa shape index (κ3) is 2.76. The molecule has 0 radical (unpaired) electrons. The third-order valence-corrected chi connectivity index (χ3v) is 4.31. The van der Waals surface area contributed by atoms with Gasteiger partial charge in [-0.1, -0.05) is 15.9 Å². The topological polar surface area (TPSA) is 38.7 Å². The largest absolute Gasteiger partial charge is 0.497 e. The molecule has 2 atom stereocenters. The molecule has 0 fully saturated rings. The van der Waals surface area contributed by atoms with Crippen molar-refractivity contribution in [2.24, 2.45) is 0 Å². The second-order valence-corrected chi connectivity index (χ2v) is 5.78. The predicted molar refractivity (Wildman–Crippen MR) is 80.0 cm³/mol. The van der Waals surface area contributed by atoms with Crippen LogP contribution in [-0.2, 0) is 0 Å². The Bertz CT molecular complexity index is 675. The average Bonchev–Trinajstić information content (AvgIpc) is 2.47. The van der Waals surface area contributed by atoms with Gasteiger partial charge in [0.1, 0.15) is 23.4 Å². The van der Waals surface area contributed by atoms with Crippen LogP contribution in [0.25, 0.3) is 0 Å². The normalized spacial score (nSPS) is 20.6. The minimum Gasteiger partial charge on any atom is -0.497 e. The van der Waals surface area contributed by atoms with E-state index in [1.165, 1.54) is 12.1 Å². The van der Waals surface area contributed by atoms with Crippen molar-refractivity contribution in [3.63, 3.8) is 0 Å². The Hall–Kier alpha value is -1.59. The first-order valence-electron chi connectivity index (χ1n) is 6.56. The van der Waals surface area contributed by atoms with Gasteiger partial charge in [-0.25, -0.2) is 4.39 Å². The molecule has 0 bridgehead atoms. The van der Waals surface area contributed by atoms with Crippen LogP contribution in [0, 0.1) is 5.82 Å². The number of halogens is 2. The zero-order chi connectivity index (χ0) is 15.0. The SMILES string of the molecule is COc1ccc(Br)c(C2C[C@@H](O)c3ccc(F)cc3O2)c1. The maximum Gasteiger partial charge on any atom is 0.128 e. The fourth-order valence-corrected chi connectivity index (χ4v) is 3.00. The van der Waals surface area contributed by atoms with E-state index in [2.05, 4.69) is 15.9 Å². The summed E-state index contributed by atoms with van der Waals surface area (Å²) in [5, 5.41) is 10.3. The van der Waals surface area contributed by atoms with Gasteiger partial charge in [0.05, 0.1) is 13.2 Å². The van der Waals surface area contributed by atoms with E-state index in [9.17, 15) is 9.50 Å². The molecule has 0 saturated heterocycles. The van der Waals surface area contributed by atoms with Gasteiger partial charge in [0.25, 0.3) is 0 Å². The zero-order valence-corrected chi connectivity index (χ0v) is 12.9. The van der Waals surface area contributed by atoms with Gasteiger partial charge >= 0.3 is 0 Å². The molecule has 1 aliphatic heterocycles. The van der Waals surface area contributed by atoms with Crippen LogP contribution < -0.4 is 9.47 Å². The van der Waals surface area contributed by atoms with Gasteiger partial charge in [-0.15, -0.1) is 0 Å². The Morgan fingerprint density at radius 2 is 2.05 bits per heavy atom. The summed E-state index contributed by atoms with van der Waals surface area (Å²) in [7, 11) is 1.59. The first-order chi connectivity index (χ1) is 10.1. The van der Waals surface area contributed by atoms with Crippen molar-refractivity contribution >= 4 is 15.9 Å². The zero-order valence-electron chi connectivity index (χ0n) is 11.3. The Morgan fingerprint density at radius 1 is 1.24 bits per heavy atom. The molecule has 1 heterocycles. The number of aliphatic hydroxyl groups is 1. The van der Waals surface area contributed by atoms with Crippen LogP contribution in [-0.4, -0.2) is 12.2 Å². The second kappa shape index (κ2) is 5.66. The molecule has 0 aliphatic carbocycles. The summed E-state index contributed by atoms with van der Waals surface area (Å²) in [6.07, 6.45) is -0.638. The molecule has 21 heavy (non-hydrogen) atoms. The molecule has 1 aliphatic rings. The minimum atomic E-state index is -0.683. The van der Waals surface area contributed by atoms with Crippen molar-refractivity contribution in [3.05, 3.63) is 57.8 Å². The van der Waals surface area contributed by atoms with E-state index >= 15 is 0 Å². The lowest BCUT2D eigenvalue weighted by atomic mass is 9.95. The Morgan fingerprint density at radius 3 is 2.81 bits per heavy atom. The second-order valence-electron chi connectivity index (χ2n) is 4.93. The first kappa shape index (κ1) is 14.4. The fourth-order valence-electron chi connectivity index (χ4n) is 2.50. The Labute approximate surface area is 130 Å². The summed E-state index contributed by atoms with van der Waals surface area (Å²) in [5.74, 6) is 0.705. The molecule has 0 spiro atoms. The molecule has 2 aromatic rings. The summed E-state index contributed by atoms with van der Waals surface area (Å²) in [5.41, 5.74) is 1.48. The molecule has 0 amide bonds. The molecule has 110 valence electrons. The van der Waals surface area contributed by atoms with Crippen molar-refractivity contribution in [2.75, 3.05) is 7.11 Å². The standard InChI is InChI=1S/C16H14BrFO3/c1-20-10-3-5-13(17)12(7-10)16-8-14(19)11-4-2-9(18)6-15(11)21-16/h2-7,14,16,19H,8H2,1H3/t14-,16?/m1/s1. The highest BCUT2D eigenvalue weighted by molar-refractivity contribution is 9.10. The number of benzene rings is 2. The van der Waals surface area contributed by atoms with Crippen LogP contribution >= 0.6 is 15.9 Å². The van der Waals surface area contributed by atoms with Crippen molar-refractivity contribution in [3.8, 4) is 11.5 Å². The number of rotatable bonds is 2. The minimum absolute atomic E-state index is 0.362. The van der Waals surface area contributed by atoms with E-state index in [0.717, 1.165) is 10.0 Å². The number of ether oxygens (including phenoxy) is 2. The van der Waals surface area contributed by atoms with E-state index in [1.54, 1.807) is 13.2 Å². The van der Waals surface area contributed by atoms with Gasteiger partial charge in [-0.05, 0) is 30.3 Å². The lowest BCUT2D eigenvalue weighted by Crippen LogP contribution is -2.19. The summed E-state index contributed by atoms with van der Waals surface area (Å²) in [6.45, 7) is 0. The van der Waals surface area contributed by atoms with Crippen molar-refractivity contribution in [1.29, 1.82) is 0 Å². The van der Waals surface area contributed by atoms with Gasteiger partial charge in [0.15, 0.2) is 0 Å². The van der Waals surface area contributed by atoms with Crippen molar-refractivity contribution in [1.82, 2.24) is 0 Å². The maximum atomic E-state index is 13.4. The number of hydrogen-bond acceptors (Lipinski definition) is 3. The van der Waals surface area contributed by atoms with Crippen LogP contribution in [0.1, 0.15) is 29.8 Å². The van der Waals surface area contributed by atoms with E-state index in [1.807, 2.05) is 18.2 Å². The van der Waals surface area contributed by atoms with Crippen molar-refractivity contribution < 1.29 is 19.0 Å². The van der Waals surface area contributed by atoms with Gasteiger partial charge < -0.3 is 14.6 Å². The summed E-state index contributed by atoms with van der Waals surface area (Å²) in [6, 6.07) is 9.75. The van der Waals surface area contributed by atoms with Gasteiger partial charge in [-0.2, -0.15) is 0 Å². The van der Waals surface area contributed by atoms with Crippen LogP contribution in [0.4, 0.5) is 4.39 Å².